The zero-order valence-corrected chi connectivity index (χ0v) is 12.3. The average Bonchev–Trinajstić information content (AvgIpc) is 2.90. The molecule has 0 unspecified atom stereocenters. The lowest BCUT2D eigenvalue weighted by molar-refractivity contribution is 0.103. The second kappa shape index (κ2) is 6.58. The molecule has 0 spiro atoms. The van der Waals surface area contributed by atoms with Gasteiger partial charge in [-0.2, -0.15) is 0 Å². The van der Waals surface area contributed by atoms with Crippen molar-refractivity contribution in [2.75, 3.05) is 11.9 Å². The number of aliphatic hydroxyl groups is 1. The summed E-state index contributed by atoms with van der Waals surface area (Å²) in [6.45, 7) is 1.66. The summed E-state index contributed by atoms with van der Waals surface area (Å²) in [6.07, 6.45) is 0. The normalized spacial score (nSPS) is 9.75. The third kappa shape index (κ3) is 3.40. The lowest BCUT2D eigenvalue weighted by Gasteiger charge is -2.08. The first-order valence-electron chi connectivity index (χ1n) is 5.88. The van der Waals surface area contributed by atoms with Crippen molar-refractivity contribution in [1.82, 2.24) is 0 Å². The first kappa shape index (κ1) is 14.6. The molecule has 0 aliphatic heterocycles. The molecule has 0 saturated heterocycles. The van der Waals surface area contributed by atoms with Gasteiger partial charge in [-0.1, -0.05) is 29.5 Å². The molecule has 1 aromatic heterocycles. The molecule has 0 saturated carbocycles. The minimum atomic E-state index is -0.197. The van der Waals surface area contributed by atoms with Gasteiger partial charge in [0, 0.05) is 10.7 Å². The van der Waals surface area contributed by atoms with Gasteiger partial charge in [0.15, 0.2) is 0 Å². The molecule has 0 atom stereocenters. The highest BCUT2D eigenvalue weighted by Crippen LogP contribution is 2.24. The summed E-state index contributed by atoms with van der Waals surface area (Å²) in [5.41, 5.74) is 1.53. The van der Waals surface area contributed by atoms with Crippen LogP contribution in [-0.2, 0) is 0 Å². The Bertz CT molecular complexity index is 697. The van der Waals surface area contributed by atoms with Crippen molar-refractivity contribution in [1.29, 1.82) is 0 Å². The number of carbonyl (C=O) groups excluding carboxylic acids is 1. The summed E-state index contributed by atoms with van der Waals surface area (Å²) in [5.74, 6) is 5.12. The van der Waals surface area contributed by atoms with Gasteiger partial charge in [-0.3, -0.25) is 4.79 Å². The van der Waals surface area contributed by atoms with Crippen LogP contribution in [0.25, 0.3) is 0 Å². The summed E-state index contributed by atoms with van der Waals surface area (Å²) in [6, 6.07) is 8.84. The summed E-state index contributed by atoms with van der Waals surface area (Å²) in [5, 5.41) is 12.1. The Kier molecular flexibility index (Phi) is 4.80. The monoisotopic (exact) mass is 305 g/mol. The van der Waals surface area contributed by atoms with Crippen molar-refractivity contribution in [3.63, 3.8) is 0 Å². The van der Waals surface area contributed by atoms with Crippen molar-refractivity contribution in [2.45, 2.75) is 6.92 Å². The van der Waals surface area contributed by atoms with Crippen molar-refractivity contribution >= 4 is 34.5 Å². The fourth-order valence-electron chi connectivity index (χ4n) is 1.58. The van der Waals surface area contributed by atoms with Gasteiger partial charge in [0.25, 0.3) is 5.91 Å². The standard InChI is InChI=1S/C15H12ClNO2S/c1-10-12(16)5-2-6-13(10)17-15(19)14-8-7-11(20-14)4-3-9-18/h2,5-8,18H,9H2,1H3,(H,17,19). The highest BCUT2D eigenvalue weighted by Gasteiger charge is 2.11. The molecular formula is C15H12ClNO2S. The minimum Gasteiger partial charge on any atom is -0.384 e. The SMILES string of the molecule is Cc1c(Cl)cccc1NC(=O)c1ccc(C#CCO)s1. The molecule has 20 heavy (non-hydrogen) atoms. The maximum absolute atomic E-state index is 12.1. The van der Waals surface area contributed by atoms with Gasteiger partial charge in [0.05, 0.1) is 9.75 Å². The lowest BCUT2D eigenvalue weighted by atomic mass is 10.2. The van der Waals surface area contributed by atoms with Crippen LogP contribution in [0, 0.1) is 18.8 Å². The third-order valence-electron chi connectivity index (χ3n) is 2.64. The van der Waals surface area contributed by atoms with Crippen LogP contribution in [0.15, 0.2) is 30.3 Å². The molecule has 1 amide bonds. The number of hydrogen-bond donors (Lipinski definition) is 2. The van der Waals surface area contributed by atoms with Crippen LogP contribution in [0.5, 0.6) is 0 Å². The van der Waals surface area contributed by atoms with E-state index in [2.05, 4.69) is 17.2 Å². The van der Waals surface area contributed by atoms with Gasteiger partial charge in [0.2, 0.25) is 0 Å². The zero-order valence-electron chi connectivity index (χ0n) is 10.7. The smallest absolute Gasteiger partial charge is 0.265 e. The maximum Gasteiger partial charge on any atom is 0.265 e. The Hall–Kier alpha value is -1.80. The van der Waals surface area contributed by atoms with E-state index in [9.17, 15) is 4.79 Å². The first-order valence-corrected chi connectivity index (χ1v) is 7.07. The van der Waals surface area contributed by atoms with Crippen molar-refractivity contribution < 1.29 is 9.90 Å². The highest BCUT2D eigenvalue weighted by atomic mass is 35.5. The van der Waals surface area contributed by atoms with Crippen molar-refractivity contribution in [3.05, 3.63) is 50.7 Å². The number of nitrogens with one attached hydrogen (secondary N) is 1. The number of benzene rings is 1. The van der Waals surface area contributed by atoms with Crippen LogP contribution in [-0.4, -0.2) is 17.6 Å². The van der Waals surface area contributed by atoms with E-state index >= 15 is 0 Å². The molecule has 1 aromatic carbocycles. The van der Waals surface area contributed by atoms with Gasteiger partial charge in [0.1, 0.15) is 6.61 Å². The molecule has 0 aliphatic rings. The van der Waals surface area contributed by atoms with Gasteiger partial charge >= 0.3 is 0 Å². The molecule has 0 fully saturated rings. The predicted octanol–water partition coefficient (Wildman–Crippen LogP) is 3.31. The topological polar surface area (TPSA) is 49.3 Å². The Morgan fingerprint density at radius 2 is 2.20 bits per heavy atom. The van der Waals surface area contributed by atoms with Crippen LogP contribution < -0.4 is 5.32 Å². The van der Waals surface area contributed by atoms with Crippen molar-refractivity contribution in [2.24, 2.45) is 0 Å². The van der Waals surface area contributed by atoms with E-state index in [0.717, 1.165) is 10.4 Å². The van der Waals surface area contributed by atoms with Crippen LogP contribution >= 0.6 is 22.9 Å². The van der Waals surface area contributed by atoms with Gasteiger partial charge in [-0.05, 0) is 36.8 Å². The zero-order chi connectivity index (χ0) is 14.5. The van der Waals surface area contributed by atoms with Crippen molar-refractivity contribution in [3.8, 4) is 11.8 Å². The van der Waals surface area contributed by atoms with Crippen LogP contribution in [0.3, 0.4) is 0 Å². The number of rotatable bonds is 2. The minimum absolute atomic E-state index is 0.193. The Morgan fingerprint density at radius 1 is 1.40 bits per heavy atom. The van der Waals surface area contributed by atoms with Gasteiger partial charge in [-0.15, -0.1) is 11.3 Å². The molecule has 0 radical (unpaired) electrons. The van der Waals surface area contributed by atoms with E-state index in [4.69, 9.17) is 16.7 Å². The third-order valence-corrected chi connectivity index (χ3v) is 4.05. The van der Waals surface area contributed by atoms with E-state index in [1.807, 2.05) is 6.92 Å². The molecule has 102 valence electrons. The van der Waals surface area contributed by atoms with E-state index in [1.54, 1.807) is 30.3 Å². The van der Waals surface area contributed by atoms with Gasteiger partial charge in [-0.25, -0.2) is 0 Å². The maximum atomic E-state index is 12.1. The molecule has 0 bridgehead atoms. The second-order valence-corrected chi connectivity index (χ2v) is 5.48. The summed E-state index contributed by atoms with van der Waals surface area (Å²) in [7, 11) is 0. The number of halogens is 1. The number of thiophene rings is 1. The lowest BCUT2D eigenvalue weighted by Crippen LogP contribution is -2.11. The summed E-state index contributed by atoms with van der Waals surface area (Å²) in [4.78, 5) is 13.4. The van der Waals surface area contributed by atoms with Crippen LogP contribution in [0.4, 0.5) is 5.69 Å². The quantitative estimate of drug-likeness (QED) is 0.836. The number of aliphatic hydroxyl groups excluding tert-OH is 1. The Labute approximate surface area is 126 Å². The molecular weight excluding hydrogens is 294 g/mol. The largest absolute Gasteiger partial charge is 0.384 e. The molecule has 2 aromatic rings. The second-order valence-electron chi connectivity index (χ2n) is 3.99. The molecule has 2 rings (SSSR count). The van der Waals surface area contributed by atoms with E-state index in [-0.39, 0.29) is 12.5 Å². The number of carbonyl (C=O) groups is 1. The Morgan fingerprint density at radius 3 is 2.95 bits per heavy atom. The predicted molar refractivity (Wildman–Crippen MR) is 82.4 cm³/mol. The fourth-order valence-corrected chi connectivity index (χ4v) is 2.53. The number of amides is 1. The highest BCUT2D eigenvalue weighted by molar-refractivity contribution is 7.14. The van der Waals surface area contributed by atoms with E-state index < -0.39 is 0 Å². The van der Waals surface area contributed by atoms with E-state index in [0.29, 0.717) is 15.6 Å². The average molecular weight is 306 g/mol. The van der Waals surface area contributed by atoms with Crippen LogP contribution in [0.1, 0.15) is 20.1 Å². The van der Waals surface area contributed by atoms with Crippen LogP contribution in [0.2, 0.25) is 5.02 Å². The molecule has 3 nitrogen and oxygen atoms in total. The number of hydrogen-bond acceptors (Lipinski definition) is 3. The first-order chi connectivity index (χ1) is 9.61. The molecule has 0 aliphatic carbocycles. The van der Waals surface area contributed by atoms with E-state index in [1.165, 1.54) is 11.3 Å². The van der Waals surface area contributed by atoms with Gasteiger partial charge < -0.3 is 10.4 Å². The number of anilines is 1. The molecule has 5 heteroatoms. The Balaban J connectivity index is 2.16. The molecule has 1 heterocycles. The molecule has 2 N–H and O–H groups in total. The fraction of sp³-hybridized carbons (Fsp3) is 0.133. The summed E-state index contributed by atoms with van der Waals surface area (Å²) >= 11 is 7.29. The summed E-state index contributed by atoms with van der Waals surface area (Å²) < 4.78 is 0.